The molecule has 0 aliphatic carbocycles. The van der Waals surface area contributed by atoms with Crippen LogP contribution >= 0.6 is 0 Å². The third kappa shape index (κ3) is 2.92. The molecule has 158 valence electrons. The zero-order valence-corrected chi connectivity index (χ0v) is 19.0. The van der Waals surface area contributed by atoms with Gasteiger partial charge < -0.3 is 4.74 Å². The summed E-state index contributed by atoms with van der Waals surface area (Å²) in [5, 5.41) is 0. The van der Waals surface area contributed by atoms with E-state index in [0.29, 0.717) is 12.1 Å². The number of amides is 2. The second kappa shape index (κ2) is 6.27. The number of hydrogen-bond acceptors (Lipinski definition) is 3. The number of imide groups is 1. The van der Waals surface area contributed by atoms with Crippen LogP contribution in [-0.4, -0.2) is 17.4 Å². The van der Waals surface area contributed by atoms with Gasteiger partial charge in [-0.1, -0.05) is 84.0 Å². The van der Waals surface area contributed by atoms with Gasteiger partial charge in [-0.2, -0.15) is 0 Å². The molecular formula is C26H31NO3. The molecule has 2 amide bonds. The van der Waals surface area contributed by atoms with Crippen molar-refractivity contribution in [1.82, 2.24) is 0 Å². The Bertz CT molecular complexity index is 1020. The lowest BCUT2D eigenvalue weighted by Crippen LogP contribution is -2.76. The monoisotopic (exact) mass is 405 g/mol. The molecule has 3 aliphatic rings. The summed E-state index contributed by atoms with van der Waals surface area (Å²) in [6.07, 6.45) is 0.377. The Labute approximate surface area is 179 Å². The summed E-state index contributed by atoms with van der Waals surface area (Å²) in [5.41, 5.74) is 1.13. The van der Waals surface area contributed by atoms with Crippen LogP contribution in [0.5, 0.6) is 0 Å². The van der Waals surface area contributed by atoms with Gasteiger partial charge >= 0.3 is 0 Å². The summed E-state index contributed by atoms with van der Waals surface area (Å²) >= 11 is 0. The maximum absolute atomic E-state index is 13.9. The highest BCUT2D eigenvalue weighted by Gasteiger charge is 2.70. The molecule has 0 N–H and O–H groups in total. The highest BCUT2D eigenvalue weighted by atomic mass is 16.6. The predicted octanol–water partition coefficient (Wildman–Crippen LogP) is 5.23. The summed E-state index contributed by atoms with van der Waals surface area (Å²) in [6, 6.07) is 15.7. The third-order valence-corrected chi connectivity index (χ3v) is 6.34. The predicted molar refractivity (Wildman–Crippen MR) is 119 cm³/mol. The fourth-order valence-electron chi connectivity index (χ4n) is 4.63. The van der Waals surface area contributed by atoms with Gasteiger partial charge in [-0.05, 0) is 40.5 Å². The number of carbonyl (C=O) groups is 2. The fourth-order valence-corrected chi connectivity index (χ4v) is 4.63. The fraction of sp³-hybridized carbons (Fsp3) is 0.462. The Morgan fingerprint density at radius 2 is 1.47 bits per heavy atom. The van der Waals surface area contributed by atoms with Gasteiger partial charge in [0.25, 0.3) is 11.8 Å². The van der Waals surface area contributed by atoms with E-state index in [4.69, 9.17) is 4.74 Å². The molecule has 3 heterocycles. The van der Waals surface area contributed by atoms with Crippen LogP contribution in [0.3, 0.4) is 0 Å². The molecule has 2 aromatic carbocycles. The van der Waals surface area contributed by atoms with Crippen LogP contribution in [0, 0.1) is 0 Å². The van der Waals surface area contributed by atoms with E-state index in [1.54, 1.807) is 6.92 Å². The number of benzene rings is 2. The van der Waals surface area contributed by atoms with E-state index in [1.807, 2.05) is 36.4 Å². The van der Waals surface area contributed by atoms with Crippen LogP contribution in [-0.2, 0) is 30.8 Å². The standard InChI is InChI=1S/C26H31NO3/c1-23(2,3)18-13-14-19(24(4,5)6)20(15-18)27-21(28)25(7)16-26(30-25,22(27)29)17-11-9-8-10-12-17/h8-15H,16H2,1-7H3/t25-,26-/m0/s1. The van der Waals surface area contributed by atoms with Crippen molar-refractivity contribution in [2.75, 3.05) is 4.90 Å². The molecule has 3 aliphatic heterocycles. The average molecular weight is 406 g/mol. The van der Waals surface area contributed by atoms with Gasteiger partial charge in [0, 0.05) is 6.42 Å². The maximum Gasteiger partial charge on any atom is 0.270 e. The molecule has 2 bridgehead atoms. The largest absolute Gasteiger partial charge is 0.344 e. The molecule has 2 aromatic rings. The molecule has 0 spiro atoms. The van der Waals surface area contributed by atoms with Crippen LogP contribution in [0.25, 0.3) is 0 Å². The van der Waals surface area contributed by atoms with Gasteiger partial charge in [0.15, 0.2) is 5.60 Å². The highest BCUT2D eigenvalue weighted by Crippen LogP contribution is 2.55. The number of piperidine rings is 1. The molecule has 0 unspecified atom stereocenters. The summed E-state index contributed by atoms with van der Waals surface area (Å²) in [5.74, 6) is -0.569. The maximum atomic E-state index is 13.9. The van der Waals surface area contributed by atoms with Crippen molar-refractivity contribution in [3.63, 3.8) is 0 Å². The third-order valence-electron chi connectivity index (χ3n) is 6.34. The average Bonchev–Trinajstić information content (AvgIpc) is 2.63. The topological polar surface area (TPSA) is 46.6 Å². The molecule has 0 aromatic heterocycles. The van der Waals surface area contributed by atoms with Crippen LogP contribution in [0.1, 0.15) is 71.6 Å². The zero-order chi connectivity index (χ0) is 22.1. The second-order valence-corrected chi connectivity index (χ2v) is 10.9. The van der Waals surface area contributed by atoms with Gasteiger partial charge in [0.2, 0.25) is 0 Å². The molecule has 3 saturated heterocycles. The molecule has 5 rings (SSSR count). The number of morpholine rings is 1. The first kappa shape index (κ1) is 20.8. The van der Waals surface area contributed by atoms with E-state index in [-0.39, 0.29) is 22.6 Å². The molecule has 0 saturated carbocycles. The summed E-state index contributed by atoms with van der Waals surface area (Å²) in [6.45, 7) is 14.5. The van der Waals surface area contributed by atoms with E-state index in [2.05, 4.69) is 53.7 Å². The zero-order valence-electron chi connectivity index (χ0n) is 19.0. The minimum atomic E-state index is -1.10. The molecule has 4 heteroatoms. The van der Waals surface area contributed by atoms with Crippen molar-refractivity contribution in [2.45, 2.75) is 76.9 Å². The first-order chi connectivity index (χ1) is 13.8. The molecule has 2 atom stereocenters. The minimum Gasteiger partial charge on any atom is -0.344 e. The van der Waals surface area contributed by atoms with Crippen LogP contribution in [0.2, 0.25) is 0 Å². The lowest BCUT2D eigenvalue weighted by molar-refractivity contribution is -0.261. The Balaban J connectivity index is 1.91. The van der Waals surface area contributed by atoms with Crippen molar-refractivity contribution < 1.29 is 14.3 Å². The number of nitrogens with zero attached hydrogens (tertiary/aromatic N) is 1. The summed E-state index contributed by atoms with van der Waals surface area (Å²) in [4.78, 5) is 28.7. The summed E-state index contributed by atoms with van der Waals surface area (Å²) in [7, 11) is 0. The number of rotatable bonds is 2. The highest BCUT2D eigenvalue weighted by molar-refractivity contribution is 6.25. The lowest BCUT2D eigenvalue weighted by atomic mass is 9.70. The van der Waals surface area contributed by atoms with E-state index < -0.39 is 11.2 Å². The smallest absolute Gasteiger partial charge is 0.270 e. The van der Waals surface area contributed by atoms with Gasteiger partial charge in [-0.25, -0.2) is 4.90 Å². The molecule has 30 heavy (non-hydrogen) atoms. The van der Waals surface area contributed by atoms with Gasteiger partial charge in [-0.15, -0.1) is 0 Å². The number of ether oxygens (including phenoxy) is 1. The molecule has 3 fully saturated rings. The summed E-state index contributed by atoms with van der Waals surface area (Å²) < 4.78 is 6.09. The Kier molecular flexibility index (Phi) is 4.35. The Morgan fingerprint density at radius 1 is 0.867 bits per heavy atom. The van der Waals surface area contributed by atoms with Crippen molar-refractivity contribution >= 4 is 17.5 Å². The number of anilines is 1. The van der Waals surface area contributed by atoms with Crippen molar-refractivity contribution in [1.29, 1.82) is 0 Å². The Hall–Kier alpha value is -2.46. The van der Waals surface area contributed by atoms with Crippen LogP contribution < -0.4 is 4.90 Å². The first-order valence-electron chi connectivity index (χ1n) is 10.6. The van der Waals surface area contributed by atoms with Gasteiger partial charge in [0.1, 0.15) is 5.60 Å². The Morgan fingerprint density at radius 3 is 2.00 bits per heavy atom. The van der Waals surface area contributed by atoms with Crippen LogP contribution in [0.15, 0.2) is 48.5 Å². The van der Waals surface area contributed by atoms with Gasteiger partial charge in [-0.3, -0.25) is 9.59 Å². The van der Waals surface area contributed by atoms with Crippen LogP contribution in [0.4, 0.5) is 5.69 Å². The normalized spacial score (nSPS) is 26.6. The van der Waals surface area contributed by atoms with E-state index in [0.717, 1.165) is 16.7 Å². The number of hydrogen-bond donors (Lipinski definition) is 0. The van der Waals surface area contributed by atoms with Crippen molar-refractivity contribution in [3.05, 3.63) is 65.2 Å². The number of fused-ring (bicyclic) bond motifs is 2. The second-order valence-electron chi connectivity index (χ2n) is 10.9. The van der Waals surface area contributed by atoms with E-state index >= 15 is 0 Å². The van der Waals surface area contributed by atoms with E-state index in [1.165, 1.54) is 4.90 Å². The van der Waals surface area contributed by atoms with Crippen molar-refractivity contribution in [2.24, 2.45) is 0 Å². The minimum absolute atomic E-state index is 0.104. The quantitative estimate of drug-likeness (QED) is 0.643. The van der Waals surface area contributed by atoms with Gasteiger partial charge in [0.05, 0.1) is 5.69 Å². The first-order valence-corrected chi connectivity index (χ1v) is 10.6. The molecule has 4 nitrogen and oxygen atoms in total. The van der Waals surface area contributed by atoms with Crippen molar-refractivity contribution in [3.8, 4) is 0 Å². The lowest BCUT2D eigenvalue weighted by Gasteiger charge is -2.59. The molecular weight excluding hydrogens is 374 g/mol. The molecule has 0 radical (unpaired) electrons. The SMILES string of the molecule is CC(C)(C)c1ccc(C(C)(C)C)c(N2C(=O)[C@]3(C)C[C@@](c4ccccc4)(O3)C2=O)c1. The number of carbonyl (C=O) groups excluding carboxylic acids is 2. The van der Waals surface area contributed by atoms with E-state index in [9.17, 15) is 9.59 Å².